The molecule has 1 fully saturated rings. The Hall–Kier alpha value is -4.10. The number of alkyl halides is 6. The first-order valence-corrected chi connectivity index (χ1v) is 11.5. The Morgan fingerprint density at radius 3 is 2.24 bits per heavy atom. The van der Waals surface area contributed by atoms with Gasteiger partial charge in [0.25, 0.3) is 5.91 Å². The fourth-order valence-corrected chi connectivity index (χ4v) is 3.96. The quantitative estimate of drug-likeness (QED) is 0.410. The summed E-state index contributed by atoms with van der Waals surface area (Å²) in [5, 5.41) is 8.69. The van der Waals surface area contributed by atoms with Crippen LogP contribution in [0.15, 0.2) is 53.1 Å². The maximum atomic E-state index is 12.9. The smallest absolute Gasteiger partial charge is 0.350 e. The summed E-state index contributed by atoms with van der Waals surface area (Å²) < 4.78 is 80.4. The van der Waals surface area contributed by atoms with E-state index >= 15 is 0 Å². The third kappa shape index (κ3) is 6.42. The maximum Gasteiger partial charge on any atom is 0.471 e. The van der Waals surface area contributed by atoms with Crippen molar-refractivity contribution in [3.63, 3.8) is 0 Å². The van der Waals surface area contributed by atoms with E-state index in [4.69, 9.17) is 0 Å². The van der Waals surface area contributed by atoms with Crippen molar-refractivity contribution in [2.75, 3.05) is 18.4 Å². The number of rotatable bonds is 5. The van der Waals surface area contributed by atoms with Crippen molar-refractivity contribution in [2.45, 2.75) is 37.7 Å². The van der Waals surface area contributed by atoms with Crippen LogP contribution >= 0.6 is 0 Å². The summed E-state index contributed by atoms with van der Waals surface area (Å²) in [5.41, 5.74) is -0.171. The minimum absolute atomic E-state index is 0.0638. The standard InChI is InChI=1S/C24H21F6N5O3/c25-23(26,27)16-8-4-15(5-9-16)20(36)31-13-18-3-1-2-12-35(18)22(37)32-17-10-6-14(7-11-17)19-33-21(38-34-19)24(28,29)30/h4-11,18H,1-3,12-13H2,(H,31,36)(H,32,37). The zero-order valence-electron chi connectivity index (χ0n) is 19.6. The summed E-state index contributed by atoms with van der Waals surface area (Å²) in [5.74, 6) is -2.28. The molecule has 0 saturated carbocycles. The van der Waals surface area contributed by atoms with E-state index < -0.39 is 35.7 Å². The number of hydrogen-bond donors (Lipinski definition) is 2. The highest BCUT2D eigenvalue weighted by atomic mass is 19.4. The molecule has 202 valence electrons. The van der Waals surface area contributed by atoms with Gasteiger partial charge in [-0.1, -0.05) is 5.16 Å². The molecule has 2 N–H and O–H groups in total. The van der Waals surface area contributed by atoms with Crippen molar-refractivity contribution in [2.24, 2.45) is 0 Å². The van der Waals surface area contributed by atoms with Crippen LogP contribution in [0.4, 0.5) is 36.8 Å². The number of urea groups is 1. The summed E-state index contributed by atoms with van der Waals surface area (Å²) in [6, 6.07) is 8.86. The largest absolute Gasteiger partial charge is 0.471 e. The lowest BCUT2D eigenvalue weighted by molar-refractivity contribution is -0.159. The molecule has 2 heterocycles. The third-order valence-electron chi connectivity index (χ3n) is 5.92. The van der Waals surface area contributed by atoms with Gasteiger partial charge in [0.15, 0.2) is 0 Å². The van der Waals surface area contributed by atoms with Crippen LogP contribution in [-0.2, 0) is 12.4 Å². The first-order valence-electron chi connectivity index (χ1n) is 11.5. The van der Waals surface area contributed by atoms with Crippen molar-refractivity contribution >= 4 is 17.6 Å². The molecule has 1 aromatic heterocycles. The average molecular weight is 541 g/mol. The number of amides is 3. The first kappa shape index (κ1) is 26.9. The van der Waals surface area contributed by atoms with Crippen LogP contribution in [0.1, 0.15) is 41.1 Å². The van der Waals surface area contributed by atoms with E-state index in [9.17, 15) is 35.9 Å². The highest BCUT2D eigenvalue weighted by Crippen LogP contribution is 2.30. The molecule has 0 spiro atoms. The van der Waals surface area contributed by atoms with Crippen molar-refractivity contribution in [3.8, 4) is 11.4 Å². The van der Waals surface area contributed by atoms with Crippen molar-refractivity contribution in [1.29, 1.82) is 0 Å². The fraction of sp³-hybridized carbons (Fsp3) is 0.333. The number of benzene rings is 2. The normalized spacial score (nSPS) is 16.3. The predicted molar refractivity (Wildman–Crippen MR) is 122 cm³/mol. The molecule has 38 heavy (non-hydrogen) atoms. The second-order valence-electron chi connectivity index (χ2n) is 8.56. The van der Waals surface area contributed by atoms with Gasteiger partial charge in [0.05, 0.1) is 11.6 Å². The average Bonchev–Trinajstić information content (AvgIpc) is 3.39. The van der Waals surface area contributed by atoms with E-state index in [1.807, 2.05) is 0 Å². The molecular weight excluding hydrogens is 520 g/mol. The van der Waals surface area contributed by atoms with Gasteiger partial charge in [-0.05, 0) is 67.8 Å². The molecule has 2 aromatic carbocycles. The van der Waals surface area contributed by atoms with Crippen LogP contribution in [0, 0.1) is 0 Å². The molecular formula is C24H21F6N5O3. The van der Waals surface area contributed by atoms with Gasteiger partial charge < -0.3 is 20.1 Å². The van der Waals surface area contributed by atoms with Gasteiger partial charge in [-0.3, -0.25) is 4.79 Å². The molecule has 1 aliphatic heterocycles. The molecule has 3 aromatic rings. The second-order valence-corrected chi connectivity index (χ2v) is 8.56. The zero-order valence-corrected chi connectivity index (χ0v) is 19.6. The summed E-state index contributed by atoms with van der Waals surface area (Å²) in [6.07, 6.45) is -7.09. The van der Waals surface area contributed by atoms with Gasteiger partial charge in [-0.2, -0.15) is 31.3 Å². The highest BCUT2D eigenvalue weighted by Gasteiger charge is 2.38. The van der Waals surface area contributed by atoms with Gasteiger partial charge in [0.1, 0.15) is 0 Å². The summed E-state index contributed by atoms with van der Waals surface area (Å²) in [4.78, 5) is 30.2. The Bertz CT molecular complexity index is 1270. The van der Waals surface area contributed by atoms with Crippen LogP contribution in [0.3, 0.4) is 0 Å². The molecule has 1 unspecified atom stereocenters. The molecule has 8 nitrogen and oxygen atoms in total. The number of carbonyl (C=O) groups excluding carboxylic acids is 2. The molecule has 0 radical (unpaired) electrons. The van der Waals surface area contributed by atoms with Crippen LogP contribution in [0.25, 0.3) is 11.4 Å². The number of hydrogen-bond acceptors (Lipinski definition) is 5. The van der Waals surface area contributed by atoms with Gasteiger partial charge in [-0.25, -0.2) is 4.79 Å². The fourth-order valence-electron chi connectivity index (χ4n) is 3.96. The number of aromatic nitrogens is 2. The number of carbonyl (C=O) groups is 2. The Labute approximate surface area is 212 Å². The van der Waals surface area contributed by atoms with Crippen LogP contribution in [-0.4, -0.2) is 46.1 Å². The molecule has 1 saturated heterocycles. The van der Waals surface area contributed by atoms with Crippen LogP contribution in [0.2, 0.25) is 0 Å². The Morgan fingerprint density at radius 2 is 1.63 bits per heavy atom. The minimum Gasteiger partial charge on any atom is -0.350 e. The molecule has 1 aliphatic rings. The second kappa shape index (κ2) is 10.7. The first-order chi connectivity index (χ1) is 17.9. The van der Waals surface area contributed by atoms with Crippen LogP contribution in [0.5, 0.6) is 0 Å². The van der Waals surface area contributed by atoms with E-state index in [2.05, 4.69) is 25.3 Å². The van der Waals surface area contributed by atoms with Gasteiger partial charge in [0, 0.05) is 29.9 Å². The summed E-state index contributed by atoms with van der Waals surface area (Å²) in [6.45, 7) is 0.527. The number of piperidine rings is 1. The zero-order chi connectivity index (χ0) is 27.5. The lowest BCUT2D eigenvalue weighted by Gasteiger charge is -2.35. The summed E-state index contributed by atoms with van der Waals surface area (Å²) in [7, 11) is 0. The van der Waals surface area contributed by atoms with E-state index in [1.54, 1.807) is 4.90 Å². The Morgan fingerprint density at radius 1 is 0.947 bits per heavy atom. The van der Waals surface area contributed by atoms with Gasteiger partial charge >= 0.3 is 24.3 Å². The predicted octanol–water partition coefficient (Wildman–Crippen LogP) is 5.59. The Kier molecular flexibility index (Phi) is 7.60. The molecule has 3 amide bonds. The molecule has 14 heteroatoms. The Balaban J connectivity index is 1.35. The maximum absolute atomic E-state index is 12.9. The summed E-state index contributed by atoms with van der Waals surface area (Å²) >= 11 is 0. The number of halogens is 6. The number of nitrogens with one attached hydrogen (secondary N) is 2. The van der Waals surface area contributed by atoms with E-state index in [1.165, 1.54) is 24.3 Å². The van der Waals surface area contributed by atoms with E-state index in [-0.39, 0.29) is 29.5 Å². The molecule has 1 atom stereocenters. The lowest BCUT2D eigenvalue weighted by Crippen LogP contribution is -2.50. The van der Waals surface area contributed by atoms with Crippen molar-refractivity contribution in [3.05, 3.63) is 65.5 Å². The topological polar surface area (TPSA) is 100 Å². The number of anilines is 1. The van der Waals surface area contributed by atoms with Crippen molar-refractivity contribution in [1.82, 2.24) is 20.4 Å². The SMILES string of the molecule is O=C(NCC1CCCCN1C(=O)Nc1ccc(-c2noc(C(F)(F)F)n2)cc1)c1ccc(C(F)(F)F)cc1. The highest BCUT2D eigenvalue weighted by molar-refractivity contribution is 5.94. The third-order valence-corrected chi connectivity index (χ3v) is 5.92. The number of likely N-dealkylation sites (tertiary alicyclic amines) is 1. The minimum atomic E-state index is -4.76. The molecule has 4 rings (SSSR count). The molecule has 0 aliphatic carbocycles. The monoisotopic (exact) mass is 541 g/mol. The van der Waals surface area contributed by atoms with E-state index in [0.717, 1.165) is 37.1 Å². The number of nitrogens with zero attached hydrogens (tertiary/aromatic N) is 3. The van der Waals surface area contributed by atoms with Crippen LogP contribution < -0.4 is 10.6 Å². The van der Waals surface area contributed by atoms with Crippen molar-refractivity contribution < 1.29 is 40.5 Å². The van der Waals surface area contributed by atoms with Gasteiger partial charge in [-0.15, -0.1) is 0 Å². The lowest BCUT2D eigenvalue weighted by atomic mass is 10.0. The van der Waals surface area contributed by atoms with E-state index in [0.29, 0.717) is 18.7 Å². The molecule has 0 bridgehead atoms. The van der Waals surface area contributed by atoms with Gasteiger partial charge in [0.2, 0.25) is 5.82 Å².